The van der Waals surface area contributed by atoms with Gasteiger partial charge in [0.2, 0.25) is 5.91 Å². The van der Waals surface area contributed by atoms with Gasteiger partial charge >= 0.3 is 0 Å². The fourth-order valence-corrected chi connectivity index (χ4v) is 4.60. The Bertz CT molecular complexity index is 1320. The van der Waals surface area contributed by atoms with Crippen molar-refractivity contribution in [3.8, 4) is 5.69 Å². The van der Waals surface area contributed by atoms with Crippen LogP contribution >= 0.6 is 23.4 Å². The van der Waals surface area contributed by atoms with Crippen LogP contribution in [-0.2, 0) is 4.79 Å². The van der Waals surface area contributed by atoms with E-state index in [9.17, 15) is 14.9 Å². The lowest BCUT2D eigenvalue weighted by molar-refractivity contribution is -0.384. The Morgan fingerprint density at radius 3 is 2.68 bits per heavy atom. The molecule has 3 aromatic rings. The highest BCUT2D eigenvalue weighted by atomic mass is 35.5. The molecule has 12 heteroatoms. The first-order valence-corrected chi connectivity index (χ1v) is 11.8. The van der Waals surface area contributed by atoms with E-state index < -0.39 is 4.92 Å². The van der Waals surface area contributed by atoms with Gasteiger partial charge < -0.3 is 10.2 Å². The second kappa shape index (κ2) is 9.27. The summed E-state index contributed by atoms with van der Waals surface area (Å²) < 4.78 is 1.73. The standard InChI is InChI=1S/C22H18ClN7O3S/c23-14-2-6-16(7-3-14)29-21-18(12-25-29)20-24-10-1-11-28(20)22(27-21)34-13-19(31)26-15-4-8-17(9-5-15)30(32)33/h2-9,12H,1,10-11,13H2,(H,26,31). The van der Waals surface area contributed by atoms with Gasteiger partial charge in [0.25, 0.3) is 5.69 Å². The molecule has 2 aliphatic heterocycles. The van der Waals surface area contributed by atoms with Crippen LogP contribution in [0.1, 0.15) is 12.0 Å². The average Bonchev–Trinajstić information content (AvgIpc) is 3.27. The minimum Gasteiger partial charge on any atom is -0.325 e. The second-order valence-electron chi connectivity index (χ2n) is 7.52. The Balaban J connectivity index is 1.36. The van der Waals surface area contributed by atoms with Gasteiger partial charge in [0.05, 0.1) is 28.1 Å². The van der Waals surface area contributed by atoms with E-state index in [2.05, 4.69) is 10.4 Å². The topological polar surface area (TPSA) is 118 Å². The summed E-state index contributed by atoms with van der Waals surface area (Å²) in [6.45, 7) is 1.47. The van der Waals surface area contributed by atoms with Gasteiger partial charge in [-0.15, -0.1) is 0 Å². The number of anilines is 1. The number of amides is 1. The number of carbonyl (C=O) groups is 1. The monoisotopic (exact) mass is 495 g/mol. The molecule has 172 valence electrons. The Labute approximate surface area is 203 Å². The molecule has 0 aliphatic carbocycles. The number of aliphatic imine (C=N–C) groups is 2. The van der Waals surface area contributed by atoms with Crippen molar-refractivity contribution in [1.82, 2.24) is 14.7 Å². The Kier molecular flexibility index (Phi) is 6.03. The summed E-state index contributed by atoms with van der Waals surface area (Å²) in [5.74, 6) is 1.32. The van der Waals surface area contributed by atoms with Crippen molar-refractivity contribution in [1.29, 1.82) is 0 Å². The molecule has 0 unspecified atom stereocenters. The number of fused-ring (bicyclic) bond motifs is 3. The van der Waals surface area contributed by atoms with E-state index in [1.54, 1.807) is 23.0 Å². The predicted octanol–water partition coefficient (Wildman–Crippen LogP) is 4.26. The first-order chi connectivity index (χ1) is 16.5. The van der Waals surface area contributed by atoms with Crippen LogP contribution in [0.15, 0.2) is 64.7 Å². The number of rotatable bonds is 5. The molecule has 0 saturated carbocycles. The minimum atomic E-state index is -0.483. The molecule has 5 rings (SSSR count). The fourth-order valence-electron chi connectivity index (χ4n) is 3.66. The molecule has 1 amide bonds. The summed E-state index contributed by atoms with van der Waals surface area (Å²) in [5.41, 5.74) is 2.12. The third kappa shape index (κ3) is 4.39. The normalized spacial score (nSPS) is 14.6. The van der Waals surface area contributed by atoms with Crippen molar-refractivity contribution in [2.75, 3.05) is 24.2 Å². The maximum absolute atomic E-state index is 12.6. The van der Waals surface area contributed by atoms with Gasteiger partial charge in [0.15, 0.2) is 11.0 Å². The number of benzene rings is 2. The molecule has 3 heterocycles. The van der Waals surface area contributed by atoms with Crippen molar-refractivity contribution in [3.63, 3.8) is 0 Å². The summed E-state index contributed by atoms with van der Waals surface area (Å²) >= 11 is 7.33. The van der Waals surface area contributed by atoms with Crippen LogP contribution in [0.3, 0.4) is 0 Å². The molecule has 34 heavy (non-hydrogen) atoms. The van der Waals surface area contributed by atoms with Gasteiger partial charge in [0, 0.05) is 35.9 Å². The number of thioether (sulfide) groups is 1. The summed E-state index contributed by atoms with van der Waals surface area (Å²) in [6.07, 6.45) is 2.64. The van der Waals surface area contributed by atoms with Crippen molar-refractivity contribution >= 4 is 57.5 Å². The molecule has 2 aromatic carbocycles. The Morgan fingerprint density at radius 1 is 1.18 bits per heavy atom. The third-order valence-electron chi connectivity index (χ3n) is 5.24. The number of aromatic nitrogens is 2. The van der Waals surface area contributed by atoms with Crippen LogP contribution in [0.25, 0.3) is 5.69 Å². The predicted molar refractivity (Wildman–Crippen MR) is 133 cm³/mol. The average molecular weight is 496 g/mol. The molecule has 0 spiro atoms. The molecule has 0 saturated heterocycles. The molecule has 0 bridgehead atoms. The van der Waals surface area contributed by atoms with Crippen LogP contribution in [0, 0.1) is 10.1 Å². The molecule has 0 radical (unpaired) electrons. The molecule has 1 aromatic heterocycles. The van der Waals surface area contributed by atoms with Gasteiger partial charge in [-0.1, -0.05) is 23.4 Å². The van der Waals surface area contributed by atoms with Crippen LogP contribution in [0.2, 0.25) is 5.02 Å². The second-order valence-corrected chi connectivity index (χ2v) is 8.89. The molecular weight excluding hydrogens is 478 g/mol. The van der Waals surface area contributed by atoms with Crippen LogP contribution in [-0.4, -0.2) is 55.4 Å². The number of halogens is 1. The maximum atomic E-state index is 12.6. The lowest BCUT2D eigenvalue weighted by atomic mass is 10.2. The number of nitro benzene ring substituents is 1. The number of hydrogen-bond acceptors (Lipinski definition) is 8. The Hall–Kier alpha value is -3.70. The van der Waals surface area contributed by atoms with Gasteiger partial charge in [0.1, 0.15) is 5.84 Å². The van der Waals surface area contributed by atoms with Crippen molar-refractivity contribution in [3.05, 3.63) is 75.4 Å². The van der Waals surface area contributed by atoms with Gasteiger partial charge in [-0.25, -0.2) is 9.67 Å². The maximum Gasteiger partial charge on any atom is 0.269 e. The zero-order valence-corrected chi connectivity index (χ0v) is 19.3. The highest BCUT2D eigenvalue weighted by molar-refractivity contribution is 8.14. The lowest BCUT2D eigenvalue weighted by Crippen LogP contribution is -2.42. The molecule has 10 nitrogen and oxygen atoms in total. The van der Waals surface area contributed by atoms with Crippen LogP contribution in [0.4, 0.5) is 17.2 Å². The minimum absolute atomic E-state index is 0.0334. The van der Waals surface area contributed by atoms with E-state index in [4.69, 9.17) is 21.6 Å². The molecule has 0 atom stereocenters. The third-order valence-corrected chi connectivity index (χ3v) is 6.47. The SMILES string of the molecule is O=C(CSC1=Nc2c(cnn2-c2ccc(Cl)cc2)C2=NCCCN12)Nc1ccc([N+](=O)[O-])cc1. The number of amidine groups is 2. The number of nitrogens with one attached hydrogen (secondary N) is 1. The number of nitro groups is 1. The van der Waals surface area contributed by atoms with E-state index >= 15 is 0 Å². The first-order valence-electron chi connectivity index (χ1n) is 10.4. The molecule has 0 fully saturated rings. The zero-order valence-electron chi connectivity index (χ0n) is 17.7. The Morgan fingerprint density at radius 2 is 1.94 bits per heavy atom. The fraction of sp³-hybridized carbons (Fsp3) is 0.182. The quantitative estimate of drug-likeness (QED) is 0.417. The van der Waals surface area contributed by atoms with Crippen molar-refractivity contribution in [2.45, 2.75) is 6.42 Å². The van der Waals surface area contributed by atoms with Gasteiger partial charge in [-0.3, -0.25) is 19.9 Å². The number of non-ortho nitro benzene ring substituents is 1. The molecule has 2 aliphatic rings. The van der Waals surface area contributed by atoms with Gasteiger partial charge in [-0.05, 0) is 42.8 Å². The molecule has 1 N–H and O–H groups in total. The highest BCUT2D eigenvalue weighted by Crippen LogP contribution is 2.33. The molecular formula is C22H18ClN7O3S. The lowest BCUT2D eigenvalue weighted by Gasteiger charge is -2.32. The highest BCUT2D eigenvalue weighted by Gasteiger charge is 2.31. The number of nitrogens with zero attached hydrogens (tertiary/aromatic N) is 6. The van der Waals surface area contributed by atoms with Crippen LogP contribution in [0.5, 0.6) is 0 Å². The summed E-state index contributed by atoms with van der Waals surface area (Å²) in [5, 5.41) is 19.4. The zero-order chi connectivity index (χ0) is 23.7. The van der Waals surface area contributed by atoms with Crippen molar-refractivity contribution in [2.24, 2.45) is 9.98 Å². The van der Waals surface area contributed by atoms with E-state index in [1.807, 2.05) is 17.0 Å². The van der Waals surface area contributed by atoms with Crippen molar-refractivity contribution < 1.29 is 9.72 Å². The largest absolute Gasteiger partial charge is 0.325 e. The van der Waals surface area contributed by atoms with E-state index in [0.717, 1.165) is 36.6 Å². The smallest absolute Gasteiger partial charge is 0.269 e. The number of carbonyl (C=O) groups excluding carboxylic acids is 1. The van der Waals surface area contributed by atoms with Gasteiger partial charge in [-0.2, -0.15) is 5.10 Å². The van der Waals surface area contributed by atoms with Crippen LogP contribution < -0.4 is 5.32 Å². The summed E-state index contributed by atoms with van der Waals surface area (Å²) in [6, 6.07) is 13.0. The van der Waals surface area contributed by atoms with E-state index in [0.29, 0.717) is 21.7 Å². The number of hydrogen-bond donors (Lipinski definition) is 1. The van der Waals surface area contributed by atoms with E-state index in [1.165, 1.54) is 36.0 Å². The van der Waals surface area contributed by atoms with E-state index in [-0.39, 0.29) is 17.3 Å². The first kappa shape index (κ1) is 22.1. The summed E-state index contributed by atoms with van der Waals surface area (Å²) in [7, 11) is 0. The summed E-state index contributed by atoms with van der Waals surface area (Å²) in [4.78, 5) is 34.4.